The van der Waals surface area contributed by atoms with E-state index in [1.165, 1.54) is 12.3 Å². The zero-order valence-corrected chi connectivity index (χ0v) is 11.7. The summed E-state index contributed by atoms with van der Waals surface area (Å²) in [4.78, 5) is 25.3. The van der Waals surface area contributed by atoms with Gasteiger partial charge >= 0.3 is 11.9 Å². The Hall–Kier alpha value is -1.99. The molecule has 2 aliphatic rings. The van der Waals surface area contributed by atoms with E-state index in [2.05, 4.69) is 0 Å². The van der Waals surface area contributed by atoms with Gasteiger partial charge in [0, 0.05) is 13.1 Å². The molecule has 0 aromatic carbocycles. The summed E-state index contributed by atoms with van der Waals surface area (Å²) in [7, 11) is 0. The smallest absolute Gasteiger partial charge is 0.377 e. The highest BCUT2D eigenvalue weighted by Crippen LogP contribution is 2.30. The summed E-state index contributed by atoms with van der Waals surface area (Å²) in [6.07, 6.45) is 0.184. The highest BCUT2D eigenvalue weighted by Gasteiger charge is 2.40. The molecule has 1 fully saturated rings. The third-order valence-electron chi connectivity index (χ3n) is 3.13. The second kappa shape index (κ2) is 5.79. The van der Waals surface area contributed by atoms with E-state index >= 15 is 0 Å². The number of hydrogen-bond acceptors (Lipinski definition) is 7. The molecule has 0 aliphatic carbocycles. The number of cyclic esters (lactones) is 1. The van der Waals surface area contributed by atoms with Gasteiger partial charge in [0.1, 0.15) is 5.70 Å². The molecule has 1 aromatic rings. The zero-order valence-electron chi connectivity index (χ0n) is 10.9. The first-order valence-corrected chi connectivity index (χ1v) is 6.72. The normalized spacial score (nSPS) is 22.4. The molecule has 1 aromatic heterocycles. The van der Waals surface area contributed by atoms with Crippen LogP contribution >= 0.6 is 11.6 Å². The SMILES string of the molecule is O=C1OC(OC(=O)c2ccco2)C(N2CCOCC2)=C1Cl. The summed E-state index contributed by atoms with van der Waals surface area (Å²) in [5.41, 5.74) is 0.352. The molecule has 1 unspecified atom stereocenters. The molecule has 0 saturated carbocycles. The van der Waals surface area contributed by atoms with Crippen molar-refractivity contribution in [1.29, 1.82) is 0 Å². The lowest BCUT2D eigenvalue weighted by atomic mass is 10.3. The molecule has 1 atom stereocenters. The van der Waals surface area contributed by atoms with E-state index in [1.807, 2.05) is 4.90 Å². The Balaban J connectivity index is 1.77. The van der Waals surface area contributed by atoms with Gasteiger partial charge in [-0.15, -0.1) is 0 Å². The fourth-order valence-electron chi connectivity index (χ4n) is 2.13. The van der Waals surface area contributed by atoms with Crippen LogP contribution in [0.2, 0.25) is 0 Å². The highest BCUT2D eigenvalue weighted by atomic mass is 35.5. The molecule has 2 aliphatic heterocycles. The van der Waals surface area contributed by atoms with Gasteiger partial charge in [-0.2, -0.15) is 0 Å². The minimum atomic E-state index is -1.17. The van der Waals surface area contributed by atoms with Crippen molar-refractivity contribution < 1.29 is 28.2 Å². The predicted octanol–water partition coefficient (Wildman–Crippen LogP) is 1.10. The number of halogens is 1. The lowest BCUT2D eigenvalue weighted by molar-refractivity contribution is -0.154. The fourth-order valence-corrected chi connectivity index (χ4v) is 2.39. The first kappa shape index (κ1) is 14.0. The summed E-state index contributed by atoms with van der Waals surface area (Å²) >= 11 is 5.97. The van der Waals surface area contributed by atoms with E-state index in [4.69, 9.17) is 30.2 Å². The topological polar surface area (TPSA) is 78.2 Å². The Labute approximate surface area is 125 Å². The highest BCUT2D eigenvalue weighted by molar-refractivity contribution is 6.42. The standard InChI is InChI=1S/C13H12ClNO6/c14-9-10(15-3-6-18-7-4-15)13(21-12(9)17)20-11(16)8-2-1-5-19-8/h1-2,5,13H,3-4,6-7H2. The van der Waals surface area contributed by atoms with Crippen LogP contribution in [0.4, 0.5) is 0 Å². The predicted molar refractivity (Wildman–Crippen MR) is 69.3 cm³/mol. The molecule has 0 bridgehead atoms. The van der Waals surface area contributed by atoms with Gasteiger partial charge in [-0.1, -0.05) is 11.6 Å². The van der Waals surface area contributed by atoms with Crippen LogP contribution in [0.25, 0.3) is 0 Å². The largest absolute Gasteiger partial charge is 0.457 e. The first-order valence-electron chi connectivity index (χ1n) is 6.34. The van der Waals surface area contributed by atoms with Crippen LogP contribution in [-0.2, 0) is 19.0 Å². The van der Waals surface area contributed by atoms with E-state index < -0.39 is 18.2 Å². The summed E-state index contributed by atoms with van der Waals surface area (Å²) in [6.45, 7) is 2.08. The Morgan fingerprint density at radius 2 is 2.14 bits per heavy atom. The zero-order chi connectivity index (χ0) is 14.8. The van der Waals surface area contributed by atoms with Crippen LogP contribution < -0.4 is 0 Å². The summed E-state index contributed by atoms with van der Waals surface area (Å²) in [5.74, 6) is -1.42. The first-order chi connectivity index (χ1) is 10.2. The van der Waals surface area contributed by atoms with E-state index in [9.17, 15) is 9.59 Å². The number of hydrogen-bond donors (Lipinski definition) is 0. The number of nitrogens with zero attached hydrogens (tertiary/aromatic N) is 1. The Kier molecular flexibility index (Phi) is 3.85. The molecule has 112 valence electrons. The van der Waals surface area contributed by atoms with Crippen molar-refractivity contribution in [3.8, 4) is 0 Å². The van der Waals surface area contributed by atoms with Crippen LogP contribution in [0.5, 0.6) is 0 Å². The molecule has 0 radical (unpaired) electrons. The summed E-state index contributed by atoms with van der Waals surface area (Å²) in [6, 6.07) is 3.02. The third-order valence-corrected chi connectivity index (χ3v) is 3.48. The van der Waals surface area contributed by atoms with Crippen LogP contribution in [0.3, 0.4) is 0 Å². The number of carbonyl (C=O) groups excluding carboxylic acids is 2. The number of rotatable bonds is 3. The molecule has 0 N–H and O–H groups in total. The molecular weight excluding hydrogens is 302 g/mol. The van der Waals surface area contributed by atoms with Gasteiger partial charge in [-0.05, 0) is 12.1 Å². The monoisotopic (exact) mass is 313 g/mol. The van der Waals surface area contributed by atoms with Gasteiger partial charge in [-0.3, -0.25) is 0 Å². The molecule has 3 heterocycles. The number of carbonyl (C=O) groups is 2. The van der Waals surface area contributed by atoms with Crippen molar-refractivity contribution in [1.82, 2.24) is 4.90 Å². The second-order valence-electron chi connectivity index (χ2n) is 4.42. The van der Waals surface area contributed by atoms with Gasteiger partial charge in [0.25, 0.3) is 6.29 Å². The van der Waals surface area contributed by atoms with Gasteiger partial charge in [0.15, 0.2) is 5.03 Å². The van der Waals surface area contributed by atoms with Crippen LogP contribution in [0.1, 0.15) is 10.6 Å². The number of morpholine rings is 1. The van der Waals surface area contributed by atoms with Crippen molar-refractivity contribution in [2.45, 2.75) is 6.29 Å². The average molecular weight is 314 g/mol. The van der Waals surface area contributed by atoms with Gasteiger partial charge in [0.05, 0.1) is 19.5 Å². The quantitative estimate of drug-likeness (QED) is 0.773. The minimum absolute atomic E-state index is 0.0235. The lowest BCUT2D eigenvalue weighted by Gasteiger charge is -2.31. The van der Waals surface area contributed by atoms with Crippen LogP contribution in [-0.4, -0.2) is 49.4 Å². The van der Waals surface area contributed by atoms with Crippen molar-refractivity contribution in [3.63, 3.8) is 0 Å². The van der Waals surface area contributed by atoms with Crippen molar-refractivity contribution >= 4 is 23.5 Å². The van der Waals surface area contributed by atoms with Gasteiger partial charge in [-0.25, -0.2) is 9.59 Å². The summed E-state index contributed by atoms with van der Waals surface area (Å²) < 4.78 is 20.3. The molecule has 0 amide bonds. The average Bonchev–Trinajstić information content (AvgIpc) is 3.10. The van der Waals surface area contributed by atoms with E-state index in [-0.39, 0.29) is 10.8 Å². The Morgan fingerprint density at radius 3 is 2.81 bits per heavy atom. The van der Waals surface area contributed by atoms with Crippen molar-refractivity contribution in [2.75, 3.05) is 26.3 Å². The molecule has 0 spiro atoms. The van der Waals surface area contributed by atoms with Crippen LogP contribution in [0.15, 0.2) is 33.5 Å². The van der Waals surface area contributed by atoms with E-state index in [0.29, 0.717) is 32.0 Å². The van der Waals surface area contributed by atoms with Crippen molar-refractivity contribution in [3.05, 3.63) is 34.9 Å². The molecule has 3 rings (SSSR count). The number of ether oxygens (including phenoxy) is 3. The van der Waals surface area contributed by atoms with Gasteiger partial charge in [0.2, 0.25) is 5.76 Å². The van der Waals surface area contributed by atoms with Crippen molar-refractivity contribution in [2.24, 2.45) is 0 Å². The van der Waals surface area contributed by atoms with Gasteiger partial charge < -0.3 is 23.5 Å². The maximum Gasteiger partial charge on any atom is 0.377 e. The third kappa shape index (κ3) is 2.74. The molecule has 1 saturated heterocycles. The number of furan rings is 1. The number of esters is 2. The summed E-state index contributed by atoms with van der Waals surface area (Å²) in [5, 5.41) is -0.0749. The maximum atomic E-state index is 11.9. The van der Waals surface area contributed by atoms with Crippen LogP contribution in [0, 0.1) is 0 Å². The fraction of sp³-hybridized carbons (Fsp3) is 0.385. The minimum Gasteiger partial charge on any atom is -0.457 e. The molecular formula is C13H12ClNO6. The lowest BCUT2D eigenvalue weighted by Crippen LogP contribution is -2.39. The Morgan fingerprint density at radius 1 is 1.38 bits per heavy atom. The van der Waals surface area contributed by atoms with E-state index in [0.717, 1.165) is 0 Å². The second-order valence-corrected chi connectivity index (χ2v) is 4.80. The maximum absolute atomic E-state index is 11.9. The molecule has 8 heteroatoms. The molecule has 21 heavy (non-hydrogen) atoms. The Bertz CT molecular complexity index is 575. The van der Waals surface area contributed by atoms with E-state index in [1.54, 1.807) is 6.07 Å². The molecule has 7 nitrogen and oxygen atoms in total.